The molecule has 58 heavy (non-hydrogen) atoms. The molecule has 8 rings (SSSR count). The van der Waals surface area contributed by atoms with Crippen LogP contribution in [0.25, 0.3) is 0 Å². The number of urea groups is 2. The van der Waals surface area contributed by atoms with E-state index >= 15 is 0 Å². The number of para-hydroxylation sites is 2. The summed E-state index contributed by atoms with van der Waals surface area (Å²) in [6, 6.07) is 14.8. The first-order chi connectivity index (χ1) is 28.1. The Morgan fingerprint density at radius 3 is 1.59 bits per heavy atom. The average Bonchev–Trinajstić information content (AvgIpc) is 3.23. The van der Waals surface area contributed by atoms with Gasteiger partial charge in [-0.3, -0.25) is 19.6 Å². The minimum Gasteiger partial charge on any atom is -0.393 e. The molecule has 0 unspecified atom stereocenters. The highest BCUT2D eigenvalue weighted by atomic mass is 35.5. The number of aliphatic hydroxyl groups is 1. The largest absolute Gasteiger partial charge is 0.393 e. The number of amides is 4. The Morgan fingerprint density at radius 1 is 0.690 bits per heavy atom. The second-order valence-electron chi connectivity index (χ2n) is 15.0. The van der Waals surface area contributed by atoms with Crippen molar-refractivity contribution in [2.75, 3.05) is 64.7 Å². The molecular weight excluding hydrogens is 783 g/mol. The Hall–Kier alpha value is -4.80. The van der Waals surface area contributed by atoms with Crippen molar-refractivity contribution >= 4 is 70.2 Å². The summed E-state index contributed by atoms with van der Waals surface area (Å²) in [6.07, 6.45) is 11.0. The van der Waals surface area contributed by atoms with Crippen molar-refractivity contribution in [3.63, 3.8) is 0 Å². The summed E-state index contributed by atoms with van der Waals surface area (Å²) < 4.78 is 10.9. The molecule has 2 aromatic heterocycles. The predicted octanol–water partition coefficient (Wildman–Crippen LogP) is 7.51. The molecule has 15 nitrogen and oxygen atoms in total. The molecule has 17 heteroatoms. The van der Waals surface area contributed by atoms with Gasteiger partial charge in [0.25, 0.3) is 0 Å². The smallest absolute Gasteiger partial charge is 0.330 e. The number of nitrogens with one attached hydrogen (secondary N) is 2. The Labute approximate surface area is 348 Å². The van der Waals surface area contributed by atoms with Gasteiger partial charge in [-0.1, -0.05) is 47.5 Å². The van der Waals surface area contributed by atoms with Crippen molar-refractivity contribution in [3.05, 3.63) is 82.1 Å². The number of rotatable bonds is 10. The maximum atomic E-state index is 13.0. The lowest BCUT2D eigenvalue weighted by molar-refractivity contribution is -0.00157. The lowest BCUT2D eigenvalue weighted by atomic mass is 9.93. The van der Waals surface area contributed by atoms with Crippen molar-refractivity contribution in [3.8, 4) is 0 Å². The second-order valence-corrected chi connectivity index (χ2v) is 15.8. The van der Waals surface area contributed by atoms with E-state index in [-0.39, 0.29) is 30.3 Å². The third-order valence-corrected chi connectivity index (χ3v) is 11.6. The topological polar surface area (TPSA) is 161 Å². The van der Waals surface area contributed by atoms with E-state index in [1.54, 1.807) is 60.4 Å². The molecule has 0 saturated heterocycles. The predicted molar refractivity (Wildman–Crippen MR) is 226 cm³/mol. The third-order valence-electron chi connectivity index (χ3n) is 11.0. The Kier molecular flexibility index (Phi) is 13.4. The molecule has 308 valence electrons. The first-order valence-corrected chi connectivity index (χ1v) is 20.5. The van der Waals surface area contributed by atoms with Crippen LogP contribution >= 0.6 is 23.2 Å². The van der Waals surface area contributed by atoms with Gasteiger partial charge < -0.3 is 25.2 Å². The lowest BCUT2D eigenvalue weighted by Gasteiger charge is -2.34. The van der Waals surface area contributed by atoms with Crippen LogP contribution in [0.2, 0.25) is 10.0 Å². The average molecular weight is 834 g/mol. The summed E-state index contributed by atoms with van der Waals surface area (Å²) in [4.78, 5) is 50.3. The first-order valence-electron chi connectivity index (χ1n) is 19.7. The van der Waals surface area contributed by atoms with E-state index in [4.69, 9.17) is 32.7 Å². The van der Waals surface area contributed by atoms with Crippen LogP contribution in [0.5, 0.6) is 0 Å². The normalized spacial score (nSPS) is 21.8. The molecule has 0 bridgehead atoms. The van der Waals surface area contributed by atoms with Gasteiger partial charge in [0.05, 0.1) is 59.9 Å². The van der Waals surface area contributed by atoms with Crippen molar-refractivity contribution in [1.29, 1.82) is 0 Å². The summed E-state index contributed by atoms with van der Waals surface area (Å²) in [5.41, 5.74) is 3.09. The summed E-state index contributed by atoms with van der Waals surface area (Å²) in [7, 11) is 5.11. The van der Waals surface area contributed by atoms with Gasteiger partial charge in [-0.25, -0.2) is 19.6 Å². The maximum Gasteiger partial charge on any atom is 0.330 e. The molecule has 4 amide bonds. The summed E-state index contributed by atoms with van der Waals surface area (Å²) in [5.74, 6) is 2.30. The van der Waals surface area contributed by atoms with E-state index in [0.717, 1.165) is 62.5 Å². The van der Waals surface area contributed by atoms with E-state index in [1.165, 1.54) is 4.90 Å². The van der Waals surface area contributed by atoms with Gasteiger partial charge in [-0.05, 0) is 75.6 Å². The van der Waals surface area contributed by atoms with E-state index in [0.29, 0.717) is 77.3 Å². The Balaban J connectivity index is 0.000000178. The molecule has 2 saturated carbocycles. The zero-order chi connectivity index (χ0) is 40.8. The molecule has 4 heterocycles. The molecule has 0 atom stereocenters. The molecule has 2 aliphatic carbocycles. The number of hydrogen-bond donors (Lipinski definition) is 3. The van der Waals surface area contributed by atoms with Gasteiger partial charge in [0, 0.05) is 56.8 Å². The van der Waals surface area contributed by atoms with Crippen LogP contribution in [-0.4, -0.2) is 95.8 Å². The Bertz CT molecular complexity index is 2060. The standard InChI is InChI=1S/C22H28ClN5O3.C19H22ClN5O2/c1-27-20-15(14-28(22(27)29)19-6-4-3-5-18(19)23)13-24-21(26-20)25-16-7-9-17(10-8-16)31-12-11-30-2;1-24-17-12(11-25(19(24)27)16-5-3-2-4-15(16)20)10-21-18(23-17)22-13-6-8-14(26)9-7-13/h3-6,13,16-17H,7-12,14H2,1-2H3,(H,24,25,26);2-5,10,13-14,26H,6-9,11H2,1H3,(H,21,22,23). The van der Waals surface area contributed by atoms with E-state index in [9.17, 15) is 14.7 Å². The van der Waals surface area contributed by atoms with Crippen molar-refractivity contribution in [1.82, 2.24) is 19.9 Å². The fourth-order valence-corrected chi connectivity index (χ4v) is 8.21. The molecule has 2 aromatic carbocycles. The van der Waals surface area contributed by atoms with Crippen LogP contribution in [0.3, 0.4) is 0 Å². The minimum atomic E-state index is -0.202. The third kappa shape index (κ3) is 9.56. The van der Waals surface area contributed by atoms with Gasteiger partial charge in [-0.15, -0.1) is 0 Å². The number of benzene rings is 2. The van der Waals surface area contributed by atoms with Crippen LogP contribution in [0.1, 0.15) is 62.5 Å². The number of anilines is 6. The monoisotopic (exact) mass is 832 g/mol. The number of ether oxygens (including phenoxy) is 2. The number of methoxy groups -OCH3 is 1. The van der Waals surface area contributed by atoms with E-state index in [1.807, 2.05) is 36.4 Å². The molecule has 4 aliphatic rings. The number of halogens is 2. The lowest BCUT2D eigenvalue weighted by Crippen LogP contribution is -2.46. The fraction of sp³-hybridized carbons (Fsp3) is 0.463. The van der Waals surface area contributed by atoms with Gasteiger partial charge in [0.15, 0.2) is 0 Å². The van der Waals surface area contributed by atoms with E-state index in [2.05, 4.69) is 30.6 Å². The van der Waals surface area contributed by atoms with Crippen LogP contribution in [0.15, 0.2) is 60.9 Å². The quantitative estimate of drug-likeness (QED) is 0.136. The van der Waals surface area contributed by atoms with E-state index < -0.39 is 0 Å². The fourth-order valence-electron chi connectivity index (χ4n) is 7.73. The van der Waals surface area contributed by atoms with Crippen molar-refractivity contribution in [2.24, 2.45) is 0 Å². The van der Waals surface area contributed by atoms with Crippen LogP contribution in [-0.2, 0) is 22.6 Å². The van der Waals surface area contributed by atoms with Gasteiger partial charge in [0.1, 0.15) is 11.6 Å². The number of aromatic nitrogens is 4. The number of carbonyl (C=O) groups excluding carboxylic acids is 2. The molecule has 4 aromatic rings. The van der Waals surface area contributed by atoms with Gasteiger partial charge in [-0.2, -0.15) is 9.97 Å². The minimum absolute atomic E-state index is 0.168. The van der Waals surface area contributed by atoms with Gasteiger partial charge >= 0.3 is 12.1 Å². The molecule has 3 N–H and O–H groups in total. The highest BCUT2D eigenvalue weighted by molar-refractivity contribution is 6.34. The number of aliphatic hydroxyl groups excluding tert-OH is 1. The molecule has 2 aliphatic heterocycles. The van der Waals surface area contributed by atoms with Crippen LogP contribution in [0, 0.1) is 0 Å². The Morgan fingerprint density at radius 2 is 1.14 bits per heavy atom. The molecule has 2 fully saturated rings. The zero-order valence-corrected chi connectivity index (χ0v) is 34.5. The molecular formula is C41H50Cl2N10O5. The van der Waals surface area contributed by atoms with Crippen molar-refractivity contribution in [2.45, 2.75) is 88.7 Å². The number of fused-ring (bicyclic) bond motifs is 2. The number of nitrogens with zero attached hydrogens (tertiary/aromatic N) is 8. The summed E-state index contributed by atoms with van der Waals surface area (Å²) in [6.45, 7) is 2.02. The van der Waals surface area contributed by atoms with Crippen LogP contribution in [0.4, 0.5) is 44.5 Å². The summed E-state index contributed by atoms with van der Waals surface area (Å²) >= 11 is 12.6. The number of carbonyl (C=O) groups is 2. The first kappa shape index (κ1) is 41.4. The highest BCUT2D eigenvalue weighted by Crippen LogP contribution is 2.36. The van der Waals surface area contributed by atoms with Crippen LogP contribution < -0.4 is 30.2 Å². The maximum absolute atomic E-state index is 13.0. The summed E-state index contributed by atoms with van der Waals surface area (Å²) in [5, 5.41) is 17.5. The zero-order valence-electron chi connectivity index (χ0n) is 33.0. The molecule has 0 radical (unpaired) electrons. The second kappa shape index (κ2) is 18.9. The number of hydrogen-bond acceptors (Lipinski definition) is 11. The molecule has 0 spiro atoms. The van der Waals surface area contributed by atoms with Crippen molar-refractivity contribution < 1.29 is 24.2 Å². The van der Waals surface area contributed by atoms with Gasteiger partial charge in [0.2, 0.25) is 11.9 Å². The highest BCUT2D eigenvalue weighted by Gasteiger charge is 2.34. The SMILES string of the molecule is CN1C(=O)N(c2ccccc2Cl)Cc2cnc(NC3CCC(O)CC3)nc21.COCCOC1CCC(Nc2ncc3c(n2)N(C)C(=O)N(c2ccccc2Cl)C3)CC1.